The van der Waals surface area contributed by atoms with Gasteiger partial charge in [-0.15, -0.1) is 0 Å². The maximum Gasteiger partial charge on any atom is 0.374 e. The Hall–Kier alpha value is -3.43. The highest BCUT2D eigenvalue weighted by Gasteiger charge is 2.27. The number of hydrogen-bond acceptors (Lipinski definition) is 8. The number of anilines is 1. The SMILES string of the molecule is O=C(COc1ccccc1)NNc1ncnc(OC2CCCCC2)c1[N+](=O)[O-]. The summed E-state index contributed by atoms with van der Waals surface area (Å²) in [5.74, 6) is -0.247. The standard InChI is InChI=1S/C18H21N5O5/c24-15(11-27-13-7-3-1-4-8-13)21-22-17-16(23(25)26)18(20-12-19-17)28-14-9-5-2-6-10-14/h1,3-4,7-8,12,14H,2,5-6,9-11H2,(H,21,24)(H,19,20,22). The van der Waals surface area contributed by atoms with Crippen LogP contribution in [0.15, 0.2) is 36.7 Å². The third kappa shape index (κ3) is 5.29. The number of amides is 1. The molecule has 10 nitrogen and oxygen atoms in total. The Morgan fingerprint density at radius 2 is 1.93 bits per heavy atom. The maximum atomic E-state index is 11.9. The van der Waals surface area contributed by atoms with E-state index in [-0.39, 0.29) is 24.4 Å². The maximum absolute atomic E-state index is 11.9. The summed E-state index contributed by atoms with van der Waals surface area (Å²) in [6.07, 6.45) is 5.88. The molecule has 2 N–H and O–H groups in total. The first-order valence-electron chi connectivity index (χ1n) is 9.02. The molecular formula is C18H21N5O5. The zero-order valence-electron chi connectivity index (χ0n) is 15.2. The van der Waals surface area contributed by atoms with E-state index >= 15 is 0 Å². The van der Waals surface area contributed by atoms with Crippen LogP contribution in [0.25, 0.3) is 0 Å². The number of nitrogens with one attached hydrogen (secondary N) is 2. The van der Waals surface area contributed by atoms with E-state index in [1.54, 1.807) is 24.3 Å². The van der Waals surface area contributed by atoms with Gasteiger partial charge in [-0.1, -0.05) is 24.6 Å². The molecule has 0 saturated heterocycles. The Bertz CT molecular complexity index is 811. The van der Waals surface area contributed by atoms with Gasteiger partial charge < -0.3 is 9.47 Å². The summed E-state index contributed by atoms with van der Waals surface area (Å²) in [5, 5.41) is 11.5. The topological polar surface area (TPSA) is 129 Å². The number of benzene rings is 1. The van der Waals surface area contributed by atoms with Crippen LogP contribution in [-0.2, 0) is 4.79 Å². The van der Waals surface area contributed by atoms with E-state index in [4.69, 9.17) is 9.47 Å². The van der Waals surface area contributed by atoms with Crippen molar-refractivity contribution in [1.29, 1.82) is 0 Å². The molecule has 1 fully saturated rings. The predicted molar refractivity (Wildman–Crippen MR) is 99.9 cm³/mol. The number of rotatable bonds is 8. The van der Waals surface area contributed by atoms with E-state index in [2.05, 4.69) is 20.8 Å². The number of hydrogen-bond donors (Lipinski definition) is 2. The molecule has 0 aliphatic heterocycles. The van der Waals surface area contributed by atoms with Gasteiger partial charge in [-0.3, -0.25) is 25.8 Å². The van der Waals surface area contributed by atoms with Crippen LogP contribution >= 0.6 is 0 Å². The Morgan fingerprint density at radius 3 is 2.64 bits per heavy atom. The van der Waals surface area contributed by atoms with Crippen molar-refractivity contribution < 1.29 is 19.2 Å². The second-order valence-corrected chi connectivity index (χ2v) is 6.29. The van der Waals surface area contributed by atoms with Crippen LogP contribution in [0.4, 0.5) is 11.5 Å². The van der Waals surface area contributed by atoms with Gasteiger partial charge in [0.15, 0.2) is 6.61 Å². The number of hydrazine groups is 1. The summed E-state index contributed by atoms with van der Waals surface area (Å²) in [7, 11) is 0. The van der Waals surface area contributed by atoms with Crippen molar-refractivity contribution in [2.75, 3.05) is 12.0 Å². The lowest BCUT2D eigenvalue weighted by molar-refractivity contribution is -0.385. The van der Waals surface area contributed by atoms with Crippen LogP contribution in [0, 0.1) is 10.1 Å². The summed E-state index contributed by atoms with van der Waals surface area (Å²) in [6, 6.07) is 8.82. The first-order valence-corrected chi connectivity index (χ1v) is 9.02. The van der Waals surface area contributed by atoms with Crippen LogP contribution in [0.5, 0.6) is 11.6 Å². The van der Waals surface area contributed by atoms with Crippen LogP contribution in [0.2, 0.25) is 0 Å². The fourth-order valence-corrected chi connectivity index (χ4v) is 2.88. The molecule has 0 atom stereocenters. The van der Waals surface area contributed by atoms with Gasteiger partial charge in [0.05, 0.1) is 4.92 Å². The first-order chi connectivity index (χ1) is 13.6. The highest BCUT2D eigenvalue weighted by molar-refractivity contribution is 5.79. The fraction of sp³-hybridized carbons (Fsp3) is 0.389. The van der Waals surface area contributed by atoms with E-state index < -0.39 is 16.5 Å². The molecule has 2 aromatic rings. The molecule has 1 aliphatic rings. The molecule has 3 rings (SSSR count). The third-order valence-electron chi connectivity index (χ3n) is 4.24. The van der Waals surface area contributed by atoms with Crippen LogP contribution < -0.4 is 20.3 Å². The minimum Gasteiger partial charge on any atom is -0.484 e. The summed E-state index contributed by atoms with van der Waals surface area (Å²) >= 11 is 0. The normalized spacial score (nSPS) is 14.1. The lowest BCUT2D eigenvalue weighted by Gasteiger charge is -2.22. The number of para-hydroxylation sites is 1. The van der Waals surface area contributed by atoms with E-state index in [1.165, 1.54) is 0 Å². The highest BCUT2D eigenvalue weighted by Crippen LogP contribution is 2.33. The summed E-state index contributed by atoms with van der Waals surface area (Å²) in [4.78, 5) is 30.6. The Balaban J connectivity index is 1.61. The van der Waals surface area contributed by atoms with E-state index in [0.29, 0.717) is 5.75 Å². The molecule has 148 valence electrons. The monoisotopic (exact) mass is 387 g/mol. The number of aromatic nitrogens is 2. The summed E-state index contributed by atoms with van der Waals surface area (Å²) in [5.41, 5.74) is 4.37. The minimum absolute atomic E-state index is 0.107. The van der Waals surface area contributed by atoms with E-state index in [0.717, 1.165) is 38.4 Å². The summed E-state index contributed by atoms with van der Waals surface area (Å²) in [6.45, 7) is -0.263. The Labute approximate surface area is 161 Å². The zero-order chi connectivity index (χ0) is 19.8. The smallest absolute Gasteiger partial charge is 0.374 e. The second-order valence-electron chi connectivity index (χ2n) is 6.29. The molecule has 1 aromatic carbocycles. The molecule has 0 radical (unpaired) electrons. The third-order valence-corrected chi connectivity index (χ3v) is 4.24. The predicted octanol–water partition coefficient (Wildman–Crippen LogP) is 2.62. The molecule has 1 aliphatic carbocycles. The number of nitro groups is 1. The molecule has 0 spiro atoms. The average Bonchev–Trinajstić information content (AvgIpc) is 2.72. The molecule has 0 unspecified atom stereocenters. The molecule has 1 heterocycles. The Kier molecular flexibility index (Phi) is 6.55. The molecule has 0 bridgehead atoms. The van der Waals surface area contributed by atoms with Gasteiger partial charge in [-0.05, 0) is 37.8 Å². The van der Waals surface area contributed by atoms with Gasteiger partial charge in [0, 0.05) is 0 Å². The zero-order valence-corrected chi connectivity index (χ0v) is 15.2. The molecule has 1 saturated carbocycles. The van der Waals surface area contributed by atoms with Gasteiger partial charge in [-0.25, -0.2) is 4.98 Å². The van der Waals surface area contributed by atoms with Crippen LogP contribution in [0.1, 0.15) is 32.1 Å². The lowest BCUT2D eigenvalue weighted by atomic mass is 9.98. The molecule has 1 aromatic heterocycles. The number of carbonyl (C=O) groups is 1. The van der Waals surface area contributed by atoms with Gasteiger partial charge in [0.25, 0.3) is 11.8 Å². The Morgan fingerprint density at radius 1 is 1.18 bits per heavy atom. The van der Waals surface area contributed by atoms with Crippen molar-refractivity contribution in [3.63, 3.8) is 0 Å². The van der Waals surface area contributed by atoms with Gasteiger partial charge in [0.1, 0.15) is 18.2 Å². The number of ether oxygens (including phenoxy) is 2. The number of carbonyl (C=O) groups excluding carboxylic acids is 1. The van der Waals surface area contributed by atoms with E-state index in [9.17, 15) is 14.9 Å². The fourth-order valence-electron chi connectivity index (χ4n) is 2.88. The summed E-state index contributed by atoms with van der Waals surface area (Å²) < 4.78 is 11.0. The van der Waals surface area contributed by atoms with E-state index in [1.807, 2.05) is 6.07 Å². The van der Waals surface area contributed by atoms with Crippen molar-refractivity contribution in [3.8, 4) is 11.6 Å². The first kappa shape index (κ1) is 19.3. The molecule has 1 amide bonds. The van der Waals surface area contributed by atoms with Crippen LogP contribution in [0.3, 0.4) is 0 Å². The molecule has 10 heteroatoms. The van der Waals surface area contributed by atoms with Gasteiger partial charge in [0.2, 0.25) is 5.82 Å². The average molecular weight is 387 g/mol. The van der Waals surface area contributed by atoms with Crippen molar-refractivity contribution in [2.24, 2.45) is 0 Å². The van der Waals surface area contributed by atoms with Crippen molar-refractivity contribution in [3.05, 3.63) is 46.8 Å². The van der Waals surface area contributed by atoms with Crippen molar-refractivity contribution >= 4 is 17.4 Å². The second kappa shape index (κ2) is 9.49. The molecule has 28 heavy (non-hydrogen) atoms. The highest BCUT2D eigenvalue weighted by atomic mass is 16.6. The van der Waals surface area contributed by atoms with Gasteiger partial charge in [-0.2, -0.15) is 4.98 Å². The van der Waals surface area contributed by atoms with Crippen LogP contribution in [-0.4, -0.2) is 33.5 Å². The molecular weight excluding hydrogens is 366 g/mol. The lowest BCUT2D eigenvalue weighted by Crippen LogP contribution is -2.34. The largest absolute Gasteiger partial charge is 0.484 e. The van der Waals surface area contributed by atoms with Crippen molar-refractivity contribution in [2.45, 2.75) is 38.2 Å². The number of nitrogens with zero attached hydrogens (tertiary/aromatic N) is 3. The quantitative estimate of drug-likeness (QED) is 0.522. The van der Waals surface area contributed by atoms with Gasteiger partial charge >= 0.3 is 5.69 Å². The van der Waals surface area contributed by atoms with Crippen molar-refractivity contribution in [1.82, 2.24) is 15.4 Å². The minimum atomic E-state index is -0.632.